The number of halogens is 2. The second kappa shape index (κ2) is 3.94. The first-order valence-corrected chi connectivity index (χ1v) is 7.29. The summed E-state index contributed by atoms with van der Waals surface area (Å²) in [4.78, 5) is 0. The van der Waals surface area contributed by atoms with Crippen LogP contribution in [-0.4, -0.2) is 6.04 Å². The Morgan fingerprint density at radius 3 is 2.67 bits per heavy atom. The molecule has 0 aliphatic heterocycles. The fourth-order valence-corrected chi connectivity index (χ4v) is 4.70. The highest BCUT2D eigenvalue weighted by molar-refractivity contribution is 6.30. The van der Waals surface area contributed by atoms with Crippen molar-refractivity contribution in [1.29, 1.82) is 0 Å². The van der Waals surface area contributed by atoms with Crippen molar-refractivity contribution >= 4 is 11.6 Å². The van der Waals surface area contributed by atoms with E-state index in [1.807, 2.05) is 0 Å². The molecule has 96 valence electrons. The van der Waals surface area contributed by atoms with Gasteiger partial charge < -0.3 is 5.32 Å². The molecule has 1 nitrogen and oxygen atoms in total. The predicted octanol–water partition coefficient (Wildman–Crippen LogP) is 3.61. The number of hydrogen-bond donors (Lipinski definition) is 1. The summed E-state index contributed by atoms with van der Waals surface area (Å²) in [6.45, 7) is 0.615. The number of nitrogens with one attached hydrogen (secondary N) is 1. The van der Waals surface area contributed by atoms with Gasteiger partial charge in [-0.05, 0) is 61.1 Å². The lowest BCUT2D eigenvalue weighted by molar-refractivity contribution is 0.456. The van der Waals surface area contributed by atoms with Gasteiger partial charge in [-0.25, -0.2) is 4.39 Å². The maximum absolute atomic E-state index is 13.6. The van der Waals surface area contributed by atoms with Crippen LogP contribution in [-0.2, 0) is 6.54 Å². The summed E-state index contributed by atoms with van der Waals surface area (Å²) in [5, 5.41) is 4.16. The van der Waals surface area contributed by atoms with Crippen molar-refractivity contribution < 1.29 is 4.39 Å². The first-order chi connectivity index (χ1) is 8.74. The molecule has 3 aliphatic carbocycles. The Bertz CT molecular complexity index is 473. The van der Waals surface area contributed by atoms with Crippen LogP contribution in [0.5, 0.6) is 0 Å². The number of hydrogen-bond acceptors (Lipinski definition) is 1. The normalized spacial score (nSPS) is 40.0. The van der Waals surface area contributed by atoms with Gasteiger partial charge in [-0.3, -0.25) is 0 Å². The van der Waals surface area contributed by atoms with Gasteiger partial charge in [0.05, 0.1) is 0 Å². The fourth-order valence-electron chi connectivity index (χ4n) is 4.50. The minimum atomic E-state index is -0.152. The van der Waals surface area contributed by atoms with Gasteiger partial charge >= 0.3 is 0 Å². The number of benzene rings is 1. The molecule has 0 amide bonds. The molecule has 1 N–H and O–H groups in total. The van der Waals surface area contributed by atoms with Crippen LogP contribution >= 0.6 is 11.6 Å². The van der Waals surface area contributed by atoms with Crippen molar-refractivity contribution in [1.82, 2.24) is 5.32 Å². The second-order valence-electron chi connectivity index (χ2n) is 6.13. The average molecular weight is 266 g/mol. The Morgan fingerprint density at radius 2 is 1.94 bits per heavy atom. The zero-order valence-corrected chi connectivity index (χ0v) is 11.0. The van der Waals surface area contributed by atoms with Gasteiger partial charge in [-0.1, -0.05) is 11.6 Å². The monoisotopic (exact) mass is 265 g/mol. The molecule has 4 unspecified atom stereocenters. The highest BCUT2D eigenvalue weighted by atomic mass is 35.5. The van der Waals surface area contributed by atoms with Crippen molar-refractivity contribution in [2.24, 2.45) is 23.7 Å². The van der Waals surface area contributed by atoms with Crippen LogP contribution in [0.4, 0.5) is 4.39 Å². The van der Waals surface area contributed by atoms with E-state index in [1.54, 1.807) is 12.1 Å². The number of rotatable bonds is 3. The Kier molecular flexibility index (Phi) is 2.46. The highest BCUT2D eigenvalue weighted by Gasteiger charge is 2.64. The van der Waals surface area contributed by atoms with Crippen LogP contribution in [0, 0.1) is 29.5 Å². The summed E-state index contributed by atoms with van der Waals surface area (Å²) in [5.41, 5.74) is 0.694. The van der Waals surface area contributed by atoms with Crippen LogP contribution in [0.25, 0.3) is 0 Å². The van der Waals surface area contributed by atoms with Crippen LogP contribution in [0.2, 0.25) is 5.02 Å². The maximum Gasteiger partial charge on any atom is 0.127 e. The molecule has 4 rings (SSSR count). The smallest absolute Gasteiger partial charge is 0.127 e. The van der Waals surface area contributed by atoms with E-state index in [2.05, 4.69) is 5.32 Å². The summed E-state index contributed by atoms with van der Waals surface area (Å²) < 4.78 is 13.6. The molecular formula is C15H17ClFN. The minimum absolute atomic E-state index is 0.152. The molecule has 18 heavy (non-hydrogen) atoms. The third-order valence-corrected chi connectivity index (χ3v) is 5.51. The summed E-state index contributed by atoms with van der Waals surface area (Å²) in [6.07, 6.45) is 4.31. The van der Waals surface area contributed by atoms with E-state index < -0.39 is 0 Å². The molecule has 4 atom stereocenters. The molecule has 1 aromatic rings. The van der Waals surface area contributed by atoms with E-state index in [0.717, 1.165) is 23.7 Å². The molecule has 3 heteroatoms. The molecule has 3 fully saturated rings. The Labute approximate surface area is 112 Å². The lowest BCUT2D eigenvalue weighted by Crippen LogP contribution is -2.23. The van der Waals surface area contributed by atoms with Crippen LogP contribution < -0.4 is 5.32 Å². The zero-order chi connectivity index (χ0) is 12.3. The molecule has 2 bridgehead atoms. The Morgan fingerprint density at radius 1 is 1.22 bits per heavy atom. The molecule has 0 saturated heterocycles. The SMILES string of the molecule is Fc1ccc(Cl)cc1CNC1C2C3CCC(C3)C12. The van der Waals surface area contributed by atoms with Crippen LogP contribution in [0.3, 0.4) is 0 Å². The maximum atomic E-state index is 13.6. The van der Waals surface area contributed by atoms with Crippen molar-refractivity contribution in [3.05, 3.63) is 34.6 Å². The van der Waals surface area contributed by atoms with Gasteiger partial charge in [0.15, 0.2) is 0 Å². The first-order valence-electron chi connectivity index (χ1n) is 6.91. The molecule has 1 aromatic carbocycles. The molecule has 0 radical (unpaired) electrons. The lowest BCUT2D eigenvalue weighted by Gasteiger charge is -2.11. The van der Waals surface area contributed by atoms with Crippen molar-refractivity contribution in [2.75, 3.05) is 0 Å². The molecule has 0 heterocycles. The van der Waals surface area contributed by atoms with Crippen molar-refractivity contribution in [2.45, 2.75) is 31.8 Å². The molecular weight excluding hydrogens is 249 g/mol. The Balaban J connectivity index is 1.41. The highest BCUT2D eigenvalue weighted by Crippen LogP contribution is 2.65. The van der Waals surface area contributed by atoms with Crippen LogP contribution in [0.15, 0.2) is 18.2 Å². The van der Waals surface area contributed by atoms with Crippen molar-refractivity contribution in [3.8, 4) is 0 Å². The van der Waals surface area contributed by atoms with Gasteiger partial charge in [-0.2, -0.15) is 0 Å². The van der Waals surface area contributed by atoms with Crippen molar-refractivity contribution in [3.63, 3.8) is 0 Å². The third-order valence-electron chi connectivity index (χ3n) is 5.27. The minimum Gasteiger partial charge on any atom is -0.309 e. The molecule has 3 aliphatic rings. The molecule has 0 spiro atoms. The quantitative estimate of drug-likeness (QED) is 0.880. The molecule has 0 aromatic heterocycles. The fraction of sp³-hybridized carbons (Fsp3) is 0.600. The van der Waals surface area contributed by atoms with E-state index in [9.17, 15) is 4.39 Å². The summed E-state index contributed by atoms with van der Waals surface area (Å²) in [6, 6.07) is 5.44. The summed E-state index contributed by atoms with van der Waals surface area (Å²) >= 11 is 5.91. The van der Waals surface area contributed by atoms with Gasteiger partial charge in [0.25, 0.3) is 0 Å². The predicted molar refractivity (Wildman–Crippen MR) is 69.8 cm³/mol. The average Bonchev–Trinajstić information content (AvgIpc) is 2.76. The van der Waals surface area contributed by atoms with E-state index in [4.69, 9.17) is 11.6 Å². The summed E-state index contributed by atoms with van der Waals surface area (Å²) in [5.74, 6) is 3.56. The van der Waals surface area contributed by atoms with E-state index in [0.29, 0.717) is 23.2 Å². The third kappa shape index (κ3) is 1.62. The summed E-state index contributed by atoms with van der Waals surface area (Å²) in [7, 11) is 0. The Hall–Kier alpha value is -0.600. The molecule has 3 saturated carbocycles. The largest absolute Gasteiger partial charge is 0.309 e. The second-order valence-corrected chi connectivity index (χ2v) is 6.57. The van der Waals surface area contributed by atoms with Gasteiger partial charge in [0, 0.05) is 23.2 Å². The standard InChI is InChI=1S/C15H17ClFN/c16-11-3-4-12(17)10(6-11)7-18-15-13-8-1-2-9(5-8)14(13)15/h3-4,6,8-9,13-15,18H,1-2,5,7H2. The van der Waals surface area contributed by atoms with Gasteiger partial charge in [0.1, 0.15) is 5.82 Å². The number of fused-ring (bicyclic) bond motifs is 5. The van der Waals surface area contributed by atoms with Gasteiger partial charge in [0.2, 0.25) is 0 Å². The zero-order valence-electron chi connectivity index (χ0n) is 10.2. The van der Waals surface area contributed by atoms with Crippen LogP contribution in [0.1, 0.15) is 24.8 Å². The van der Waals surface area contributed by atoms with E-state index in [-0.39, 0.29) is 5.82 Å². The topological polar surface area (TPSA) is 12.0 Å². The first kappa shape index (κ1) is 11.2. The van der Waals surface area contributed by atoms with E-state index in [1.165, 1.54) is 25.3 Å². The van der Waals surface area contributed by atoms with Gasteiger partial charge in [-0.15, -0.1) is 0 Å². The van der Waals surface area contributed by atoms with E-state index >= 15 is 0 Å². The lowest BCUT2D eigenvalue weighted by atomic mass is 10.0.